The maximum absolute atomic E-state index is 13.4. The van der Waals surface area contributed by atoms with E-state index in [9.17, 15) is 13.2 Å². The van der Waals surface area contributed by atoms with Crippen molar-refractivity contribution in [3.05, 3.63) is 40.8 Å². The smallest absolute Gasteiger partial charge is 0.196 e. The Bertz CT molecular complexity index is 569. The highest BCUT2D eigenvalue weighted by atomic mass is 19.2. The SMILES string of the molecule is Cc1cc(CO)c2cc(F)c(F)c(F)c2n1. The molecule has 0 aliphatic heterocycles. The van der Waals surface area contributed by atoms with E-state index in [-0.39, 0.29) is 17.5 Å². The minimum atomic E-state index is -1.55. The molecular formula is C11H8F3NO. The fourth-order valence-electron chi connectivity index (χ4n) is 1.61. The number of rotatable bonds is 1. The van der Waals surface area contributed by atoms with E-state index in [0.717, 1.165) is 6.07 Å². The van der Waals surface area contributed by atoms with Crippen LogP contribution in [0.5, 0.6) is 0 Å². The molecule has 16 heavy (non-hydrogen) atoms. The second kappa shape index (κ2) is 3.75. The van der Waals surface area contributed by atoms with Crippen molar-refractivity contribution in [1.29, 1.82) is 0 Å². The van der Waals surface area contributed by atoms with Gasteiger partial charge in [0.25, 0.3) is 0 Å². The first-order valence-electron chi connectivity index (χ1n) is 4.59. The molecule has 0 fully saturated rings. The molecule has 2 aromatic rings. The third-order valence-corrected chi connectivity index (χ3v) is 2.32. The van der Waals surface area contributed by atoms with Crippen molar-refractivity contribution in [2.45, 2.75) is 13.5 Å². The highest BCUT2D eigenvalue weighted by Gasteiger charge is 2.16. The van der Waals surface area contributed by atoms with Gasteiger partial charge >= 0.3 is 0 Å². The topological polar surface area (TPSA) is 33.1 Å². The molecule has 0 aliphatic carbocycles. The van der Waals surface area contributed by atoms with Crippen molar-refractivity contribution in [3.8, 4) is 0 Å². The van der Waals surface area contributed by atoms with E-state index in [1.165, 1.54) is 6.07 Å². The number of benzene rings is 1. The molecule has 0 saturated carbocycles. The number of aryl methyl sites for hydroxylation is 1. The van der Waals surface area contributed by atoms with Gasteiger partial charge in [0, 0.05) is 11.1 Å². The van der Waals surface area contributed by atoms with Crippen LogP contribution in [-0.4, -0.2) is 10.1 Å². The second-order valence-corrected chi connectivity index (χ2v) is 3.46. The molecule has 0 unspecified atom stereocenters. The lowest BCUT2D eigenvalue weighted by Crippen LogP contribution is -1.99. The van der Waals surface area contributed by atoms with Crippen LogP contribution in [0.1, 0.15) is 11.3 Å². The summed E-state index contributed by atoms with van der Waals surface area (Å²) in [6.45, 7) is 1.20. The Labute approximate surface area is 89.4 Å². The van der Waals surface area contributed by atoms with Crippen LogP contribution in [0.4, 0.5) is 13.2 Å². The number of aliphatic hydroxyl groups excluding tert-OH is 1. The molecule has 1 aromatic heterocycles. The summed E-state index contributed by atoms with van der Waals surface area (Å²) >= 11 is 0. The number of halogens is 3. The van der Waals surface area contributed by atoms with Crippen molar-refractivity contribution < 1.29 is 18.3 Å². The predicted molar refractivity (Wildman–Crippen MR) is 52.3 cm³/mol. The summed E-state index contributed by atoms with van der Waals surface area (Å²) in [6.07, 6.45) is 0. The molecule has 0 bridgehead atoms. The van der Waals surface area contributed by atoms with E-state index in [1.54, 1.807) is 6.92 Å². The number of hydrogen-bond acceptors (Lipinski definition) is 2. The molecule has 0 saturated heterocycles. The van der Waals surface area contributed by atoms with Crippen LogP contribution in [0.2, 0.25) is 0 Å². The average molecular weight is 227 g/mol. The maximum Gasteiger partial charge on any atom is 0.196 e. The van der Waals surface area contributed by atoms with Crippen LogP contribution in [0, 0.1) is 24.4 Å². The van der Waals surface area contributed by atoms with E-state index >= 15 is 0 Å². The van der Waals surface area contributed by atoms with E-state index in [2.05, 4.69) is 4.98 Å². The molecule has 84 valence electrons. The fourth-order valence-corrected chi connectivity index (χ4v) is 1.61. The van der Waals surface area contributed by atoms with Gasteiger partial charge in [-0.1, -0.05) is 0 Å². The summed E-state index contributed by atoms with van der Waals surface area (Å²) in [4.78, 5) is 3.79. The summed E-state index contributed by atoms with van der Waals surface area (Å²) in [7, 11) is 0. The average Bonchev–Trinajstić information content (AvgIpc) is 2.26. The van der Waals surface area contributed by atoms with Crippen LogP contribution < -0.4 is 0 Å². The van der Waals surface area contributed by atoms with Gasteiger partial charge in [0.05, 0.1) is 6.61 Å². The largest absolute Gasteiger partial charge is 0.392 e. The summed E-state index contributed by atoms with van der Waals surface area (Å²) in [5.41, 5.74) is 0.490. The van der Waals surface area contributed by atoms with Gasteiger partial charge in [-0.2, -0.15) is 0 Å². The highest BCUT2D eigenvalue weighted by molar-refractivity contribution is 5.83. The van der Waals surface area contributed by atoms with E-state index < -0.39 is 17.5 Å². The zero-order valence-electron chi connectivity index (χ0n) is 8.39. The third kappa shape index (κ3) is 1.53. The van der Waals surface area contributed by atoms with Gasteiger partial charge in [0.1, 0.15) is 5.52 Å². The monoisotopic (exact) mass is 227 g/mol. The molecule has 2 nitrogen and oxygen atoms in total. The van der Waals surface area contributed by atoms with Crippen LogP contribution in [0.3, 0.4) is 0 Å². The molecule has 0 amide bonds. The molecule has 0 aliphatic rings. The molecule has 0 radical (unpaired) electrons. The maximum atomic E-state index is 13.4. The molecule has 1 N–H and O–H groups in total. The van der Waals surface area contributed by atoms with Gasteiger partial charge in [0.2, 0.25) is 0 Å². The number of fused-ring (bicyclic) bond motifs is 1. The second-order valence-electron chi connectivity index (χ2n) is 3.46. The zero-order chi connectivity index (χ0) is 11.9. The lowest BCUT2D eigenvalue weighted by atomic mass is 10.1. The third-order valence-electron chi connectivity index (χ3n) is 2.32. The van der Waals surface area contributed by atoms with E-state index in [0.29, 0.717) is 11.3 Å². The van der Waals surface area contributed by atoms with Crippen LogP contribution >= 0.6 is 0 Å². The Morgan fingerprint density at radius 3 is 2.50 bits per heavy atom. The summed E-state index contributed by atoms with van der Waals surface area (Å²) in [6, 6.07) is 2.34. The summed E-state index contributed by atoms with van der Waals surface area (Å²) in [5.74, 6) is -4.16. The Morgan fingerprint density at radius 2 is 1.88 bits per heavy atom. The molecule has 0 atom stereocenters. The standard InChI is InChI=1S/C11H8F3NO/c1-5-2-6(4-16)7-3-8(12)9(13)10(14)11(7)15-5/h2-3,16H,4H2,1H3. The van der Waals surface area contributed by atoms with Gasteiger partial charge in [-0.15, -0.1) is 0 Å². The molecule has 1 heterocycles. The van der Waals surface area contributed by atoms with Crippen molar-refractivity contribution in [2.24, 2.45) is 0 Å². The van der Waals surface area contributed by atoms with Gasteiger partial charge < -0.3 is 5.11 Å². The Balaban J connectivity index is 2.94. The van der Waals surface area contributed by atoms with Crippen LogP contribution in [-0.2, 0) is 6.61 Å². The summed E-state index contributed by atoms with van der Waals surface area (Å²) < 4.78 is 39.4. The molecule has 0 spiro atoms. The Kier molecular flexibility index (Phi) is 2.55. The van der Waals surface area contributed by atoms with Gasteiger partial charge in [-0.3, -0.25) is 0 Å². The number of aromatic nitrogens is 1. The normalized spacial score (nSPS) is 11.1. The van der Waals surface area contributed by atoms with Crippen LogP contribution in [0.25, 0.3) is 10.9 Å². The lowest BCUT2D eigenvalue weighted by molar-refractivity contribution is 0.283. The lowest BCUT2D eigenvalue weighted by Gasteiger charge is -2.07. The van der Waals surface area contributed by atoms with Crippen LogP contribution in [0.15, 0.2) is 12.1 Å². The number of hydrogen-bond donors (Lipinski definition) is 1. The molecular weight excluding hydrogens is 219 g/mol. The minimum Gasteiger partial charge on any atom is -0.392 e. The van der Waals surface area contributed by atoms with E-state index in [1.807, 2.05) is 0 Å². The van der Waals surface area contributed by atoms with Crippen molar-refractivity contribution >= 4 is 10.9 Å². The van der Waals surface area contributed by atoms with Gasteiger partial charge in [-0.05, 0) is 24.6 Å². The first-order valence-corrected chi connectivity index (χ1v) is 4.59. The fraction of sp³-hybridized carbons (Fsp3) is 0.182. The first-order chi connectivity index (χ1) is 7.54. The highest BCUT2D eigenvalue weighted by Crippen LogP contribution is 2.25. The minimum absolute atomic E-state index is 0.0875. The summed E-state index contributed by atoms with van der Waals surface area (Å²) in [5, 5.41) is 9.13. The quantitative estimate of drug-likeness (QED) is 0.759. The number of nitrogens with zero attached hydrogens (tertiary/aromatic N) is 1. The molecule has 1 aromatic carbocycles. The zero-order valence-corrected chi connectivity index (χ0v) is 8.39. The molecule has 2 rings (SSSR count). The van der Waals surface area contributed by atoms with Gasteiger partial charge in [-0.25, -0.2) is 18.2 Å². The van der Waals surface area contributed by atoms with Crippen molar-refractivity contribution in [1.82, 2.24) is 4.98 Å². The first kappa shape index (κ1) is 10.9. The Hall–Kier alpha value is -1.62. The Morgan fingerprint density at radius 1 is 1.19 bits per heavy atom. The van der Waals surface area contributed by atoms with E-state index in [4.69, 9.17) is 5.11 Å². The van der Waals surface area contributed by atoms with Gasteiger partial charge in [0.15, 0.2) is 17.5 Å². The predicted octanol–water partition coefficient (Wildman–Crippen LogP) is 2.45. The van der Waals surface area contributed by atoms with Crippen molar-refractivity contribution in [3.63, 3.8) is 0 Å². The number of aliphatic hydroxyl groups is 1. The molecule has 5 heteroatoms. The number of pyridine rings is 1. The van der Waals surface area contributed by atoms with Crippen molar-refractivity contribution in [2.75, 3.05) is 0 Å².